The number of fused-ring (bicyclic) bond motifs is 1. The minimum absolute atomic E-state index is 0.607. The van der Waals surface area contributed by atoms with Crippen molar-refractivity contribution in [2.45, 2.75) is 44.6 Å². The van der Waals surface area contributed by atoms with Crippen molar-refractivity contribution < 1.29 is 0 Å². The number of piperidine rings is 1. The first-order valence-electron chi connectivity index (χ1n) is 7.36. The summed E-state index contributed by atoms with van der Waals surface area (Å²) >= 11 is 0. The molecular formula is C16H21N3. The lowest BCUT2D eigenvalue weighted by Gasteiger charge is -2.45. The summed E-state index contributed by atoms with van der Waals surface area (Å²) in [6.45, 7) is 1.08. The molecule has 1 aliphatic heterocycles. The highest BCUT2D eigenvalue weighted by Crippen LogP contribution is 2.39. The summed E-state index contributed by atoms with van der Waals surface area (Å²) in [5.41, 5.74) is 8.53. The van der Waals surface area contributed by atoms with Gasteiger partial charge in [-0.15, -0.1) is 0 Å². The highest BCUT2D eigenvalue weighted by atomic mass is 15.2. The molecule has 2 N–H and O–H groups in total. The van der Waals surface area contributed by atoms with Crippen LogP contribution in [0.1, 0.15) is 44.1 Å². The Kier molecular flexibility index (Phi) is 3.33. The molecule has 0 radical (unpaired) electrons. The Morgan fingerprint density at radius 1 is 1.16 bits per heavy atom. The standard InChI is InChI=1S/C16H21N3/c17-11-13-6-3-9-15(16(13)18)19-10-4-7-12-5-1-2-8-14(12)19/h3,6,9,12,14H,1-2,4-5,7-8,10,18H2. The van der Waals surface area contributed by atoms with Gasteiger partial charge >= 0.3 is 0 Å². The first-order chi connectivity index (χ1) is 9.31. The van der Waals surface area contributed by atoms with Crippen LogP contribution in [0.15, 0.2) is 18.2 Å². The second-order valence-corrected chi connectivity index (χ2v) is 5.80. The van der Waals surface area contributed by atoms with E-state index < -0.39 is 0 Å². The molecule has 3 heteroatoms. The van der Waals surface area contributed by atoms with Crippen LogP contribution in [0.25, 0.3) is 0 Å². The van der Waals surface area contributed by atoms with E-state index in [2.05, 4.69) is 17.0 Å². The van der Waals surface area contributed by atoms with E-state index in [1.165, 1.54) is 38.5 Å². The fourth-order valence-electron chi connectivity index (χ4n) is 3.82. The maximum absolute atomic E-state index is 9.13. The summed E-state index contributed by atoms with van der Waals surface area (Å²) in [7, 11) is 0. The summed E-state index contributed by atoms with van der Waals surface area (Å²) in [5.74, 6) is 0.827. The molecule has 2 aliphatic rings. The summed E-state index contributed by atoms with van der Waals surface area (Å²) in [6.07, 6.45) is 7.95. The number of hydrogen-bond acceptors (Lipinski definition) is 3. The molecule has 1 saturated heterocycles. The zero-order chi connectivity index (χ0) is 13.2. The molecule has 1 saturated carbocycles. The third kappa shape index (κ3) is 2.16. The summed E-state index contributed by atoms with van der Waals surface area (Å²) in [5, 5.41) is 9.13. The zero-order valence-electron chi connectivity index (χ0n) is 11.3. The van der Waals surface area contributed by atoms with Crippen molar-refractivity contribution in [1.29, 1.82) is 5.26 Å². The van der Waals surface area contributed by atoms with Gasteiger partial charge in [0, 0.05) is 12.6 Å². The average molecular weight is 255 g/mol. The van der Waals surface area contributed by atoms with Crippen molar-refractivity contribution >= 4 is 11.4 Å². The van der Waals surface area contributed by atoms with Crippen molar-refractivity contribution in [3.05, 3.63) is 23.8 Å². The number of nitrogen functional groups attached to an aromatic ring is 1. The lowest BCUT2D eigenvalue weighted by Crippen LogP contribution is -2.47. The molecule has 1 aliphatic carbocycles. The van der Waals surface area contributed by atoms with Crippen molar-refractivity contribution in [1.82, 2.24) is 0 Å². The van der Waals surface area contributed by atoms with E-state index in [4.69, 9.17) is 11.0 Å². The number of nitrogens with two attached hydrogens (primary N) is 1. The second-order valence-electron chi connectivity index (χ2n) is 5.80. The molecular weight excluding hydrogens is 234 g/mol. The van der Waals surface area contributed by atoms with Gasteiger partial charge in [-0.05, 0) is 43.7 Å². The first kappa shape index (κ1) is 12.3. The number of anilines is 2. The van der Waals surface area contributed by atoms with Crippen molar-refractivity contribution in [3.63, 3.8) is 0 Å². The van der Waals surface area contributed by atoms with Gasteiger partial charge in [0.05, 0.1) is 16.9 Å². The lowest BCUT2D eigenvalue weighted by atomic mass is 9.78. The SMILES string of the molecule is N#Cc1cccc(N2CCCC3CCCCC32)c1N. The van der Waals surface area contributed by atoms with Crippen molar-refractivity contribution in [2.24, 2.45) is 5.92 Å². The molecule has 2 atom stereocenters. The number of nitriles is 1. The lowest BCUT2D eigenvalue weighted by molar-refractivity contribution is 0.244. The Morgan fingerprint density at radius 3 is 2.79 bits per heavy atom. The average Bonchev–Trinajstić information content (AvgIpc) is 2.47. The number of rotatable bonds is 1. The van der Waals surface area contributed by atoms with Crippen LogP contribution in [-0.2, 0) is 0 Å². The third-order valence-corrected chi connectivity index (χ3v) is 4.76. The van der Waals surface area contributed by atoms with Gasteiger partial charge in [-0.2, -0.15) is 5.26 Å². The Bertz CT molecular complexity index is 501. The zero-order valence-corrected chi connectivity index (χ0v) is 11.3. The van der Waals surface area contributed by atoms with Gasteiger partial charge in [-0.3, -0.25) is 0 Å². The van der Waals surface area contributed by atoms with E-state index in [1.54, 1.807) is 6.07 Å². The van der Waals surface area contributed by atoms with Crippen molar-refractivity contribution in [3.8, 4) is 6.07 Å². The van der Waals surface area contributed by atoms with E-state index in [0.29, 0.717) is 17.3 Å². The van der Waals surface area contributed by atoms with Gasteiger partial charge in [0.15, 0.2) is 0 Å². The van der Waals surface area contributed by atoms with E-state index in [0.717, 1.165) is 18.2 Å². The normalized spacial score (nSPS) is 26.6. The maximum Gasteiger partial charge on any atom is 0.101 e. The predicted molar refractivity (Wildman–Crippen MR) is 77.9 cm³/mol. The van der Waals surface area contributed by atoms with Crippen LogP contribution in [0.4, 0.5) is 11.4 Å². The number of benzene rings is 1. The first-order valence-corrected chi connectivity index (χ1v) is 7.36. The smallest absolute Gasteiger partial charge is 0.101 e. The minimum atomic E-state index is 0.607. The van der Waals surface area contributed by atoms with Crippen LogP contribution < -0.4 is 10.6 Å². The maximum atomic E-state index is 9.13. The molecule has 2 unspecified atom stereocenters. The monoisotopic (exact) mass is 255 g/mol. The van der Waals surface area contributed by atoms with Crippen LogP contribution in [0, 0.1) is 17.2 Å². The van der Waals surface area contributed by atoms with Gasteiger partial charge in [0.2, 0.25) is 0 Å². The fraction of sp³-hybridized carbons (Fsp3) is 0.562. The van der Waals surface area contributed by atoms with Crippen molar-refractivity contribution in [2.75, 3.05) is 17.2 Å². The molecule has 1 aromatic rings. The predicted octanol–water partition coefficient (Wildman–Crippen LogP) is 3.30. The fourth-order valence-corrected chi connectivity index (χ4v) is 3.82. The molecule has 0 aromatic heterocycles. The van der Waals surface area contributed by atoms with E-state index in [1.807, 2.05) is 6.07 Å². The highest BCUT2D eigenvalue weighted by Gasteiger charge is 2.34. The van der Waals surface area contributed by atoms with Gasteiger partial charge < -0.3 is 10.6 Å². The molecule has 19 heavy (non-hydrogen) atoms. The van der Waals surface area contributed by atoms with Gasteiger partial charge in [0.25, 0.3) is 0 Å². The Balaban J connectivity index is 1.94. The molecule has 100 valence electrons. The summed E-state index contributed by atoms with van der Waals surface area (Å²) < 4.78 is 0. The quantitative estimate of drug-likeness (QED) is 0.783. The molecule has 1 heterocycles. The number of nitrogens with zero attached hydrogens (tertiary/aromatic N) is 2. The van der Waals surface area contributed by atoms with Crippen LogP contribution >= 0.6 is 0 Å². The Morgan fingerprint density at radius 2 is 1.95 bits per heavy atom. The molecule has 0 bridgehead atoms. The van der Waals surface area contributed by atoms with Crippen LogP contribution in [0.5, 0.6) is 0 Å². The summed E-state index contributed by atoms with van der Waals surface area (Å²) in [6, 6.07) is 8.67. The van der Waals surface area contributed by atoms with Crippen LogP contribution in [-0.4, -0.2) is 12.6 Å². The van der Waals surface area contributed by atoms with Gasteiger partial charge in [-0.1, -0.05) is 18.9 Å². The minimum Gasteiger partial charge on any atom is -0.396 e. The number of para-hydroxylation sites is 1. The third-order valence-electron chi connectivity index (χ3n) is 4.76. The van der Waals surface area contributed by atoms with E-state index in [-0.39, 0.29) is 0 Å². The summed E-state index contributed by atoms with van der Waals surface area (Å²) in [4.78, 5) is 2.48. The van der Waals surface area contributed by atoms with Crippen LogP contribution in [0.2, 0.25) is 0 Å². The van der Waals surface area contributed by atoms with E-state index in [9.17, 15) is 0 Å². The second kappa shape index (κ2) is 5.13. The molecule has 3 nitrogen and oxygen atoms in total. The van der Waals surface area contributed by atoms with Crippen LogP contribution in [0.3, 0.4) is 0 Å². The molecule has 0 amide bonds. The highest BCUT2D eigenvalue weighted by molar-refractivity contribution is 5.74. The van der Waals surface area contributed by atoms with Gasteiger partial charge in [0.1, 0.15) is 6.07 Å². The van der Waals surface area contributed by atoms with Gasteiger partial charge in [-0.25, -0.2) is 0 Å². The molecule has 0 spiro atoms. The topological polar surface area (TPSA) is 53.0 Å². The number of hydrogen-bond donors (Lipinski definition) is 1. The molecule has 1 aromatic carbocycles. The largest absolute Gasteiger partial charge is 0.396 e. The molecule has 2 fully saturated rings. The molecule has 3 rings (SSSR count). The van der Waals surface area contributed by atoms with E-state index >= 15 is 0 Å². The Labute approximate surface area is 115 Å². The Hall–Kier alpha value is -1.69.